The predicted octanol–water partition coefficient (Wildman–Crippen LogP) is 4.69. The van der Waals surface area contributed by atoms with Crippen molar-refractivity contribution in [3.8, 4) is 11.1 Å². The summed E-state index contributed by atoms with van der Waals surface area (Å²) < 4.78 is 0.407. The molecule has 23 heavy (non-hydrogen) atoms. The Hall–Kier alpha value is -2.46. The molecule has 2 aromatic carbocycles. The molecule has 3 nitrogen and oxygen atoms in total. The molecule has 0 aliphatic carbocycles. The van der Waals surface area contributed by atoms with E-state index in [1.54, 1.807) is 11.0 Å². The number of carbonyl (C=O) groups is 1. The number of hydrogen-bond acceptors (Lipinski definition) is 2. The molecule has 0 atom stereocenters. The largest absolute Gasteiger partial charge is 0.303 e. The molecule has 1 aliphatic rings. The number of fused-ring (bicyclic) bond motifs is 3. The lowest BCUT2D eigenvalue weighted by atomic mass is 9.93. The number of nitrogens with zero attached hydrogens (tertiary/aromatic N) is 2. The van der Waals surface area contributed by atoms with Crippen molar-refractivity contribution in [2.24, 2.45) is 4.99 Å². The molecule has 114 valence electrons. The average Bonchev–Trinajstić information content (AvgIpc) is 2.60. The van der Waals surface area contributed by atoms with Gasteiger partial charge in [0.05, 0.1) is 12.2 Å². The van der Waals surface area contributed by atoms with Gasteiger partial charge < -0.3 is 4.90 Å². The fraction of sp³-hybridized carbons (Fsp3) is 0.0526. The highest BCUT2D eigenvalue weighted by atomic mass is 79.9. The first-order valence-corrected chi connectivity index (χ1v) is 8.00. The van der Waals surface area contributed by atoms with E-state index in [2.05, 4.69) is 39.6 Å². The summed E-state index contributed by atoms with van der Waals surface area (Å²) in [5.74, 6) is -0.117. The Bertz CT molecular complexity index is 824. The molecule has 1 aliphatic heterocycles. The number of benzene rings is 2. The van der Waals surface area contributed by atoms with E-state index >= 15 is 0 Å². The molecule has 0 saturated carbocycles. The van der Waals surface area contributed by atoms with Gasteiger partial charge >= 0.3 is 0 Å². The summed E-state index contributed by atoms with van der Waals surface area (Å²) in [5.41, 5.74) is 4.29. The lowest BCUT2D eigenvalue weighted by Crippen LogP contribution is -2.33. The van der Waals surface area contributed by atoms with Crippen LogP contribution in [0.25, 0.3) is 11.1 Å². The number of para-hydroxylation sites is 1. The van der Waals surface area contributed by atoms with Crippen molar-refractivity contribution in [1.82, 2.24) is 0 Å². The van der Waals surface area contributed by atoms with Crippen LogP contribution in [0.3, 0.4) is 0 Å². The van der Waals surface area contributed by atoms with Crippen molar-refractivity contribution >= 4 is 33.7 Å². The Morgan fingerprint density at radius 1 is 1.13 bits per heavy atom. The van der Waals surface area contributed by atoms with Gasteiger partial charge in [-0.25, -0.2) is 0 Å². The number of anilines is 1. The van der Waals surface area contributed by atoms with Gasteiger partial charge in [-0.3, -0.25) is 9.79 Å². The van der Waals surface area contributed by atoms with Gasteiger partial charge in [-0.1, -0.05) is 55.1 Å². The maximum Gasteiger partial charge on any atom is 0.267 e. The van der Waals surface area contributed by atoms with Crippen LogP contribution >= 0.6 is 15.9 Å². The van der Waals surface area contributed by atoms with Crippen molar-refractivity contribution in [3.05, 3.63) is 77.4 Å². The minimum absolute atomic E-state index is 0.117. The number of halogens is 1. The van der Waals surface area contributed by atoms with Crippen LogP contribution in [0.4, 0.5) is 5.69 Å². The molecule has 0 N–H and O–H groups in total. The lowest BCUT2D eigenvalue weighted by Gasteiger charge is -2.31. The minimum Gasteiger partial charge on any atom is -0.303 e. The smallest absolute Gasteiger partial charge is 0.267 e. The van der Waals surface area contributed by atoms with E-state index in [0.717, 1.165) is 16.8 Å². The van der Waals surface area contributed by atoms with Crippen LogP contribution < -0.4 is 4.90 Å². The summed E-state index contributed by atoms with van der Waals surface area (Å²) in [6, 6.07) is 16.1. The fourth-order valence-corrected chi connectivity index (χ4v) is 2.98. The van der Waals surface area contributed by atoms with Gasteiger partial charge in [0, 0.05) is 18.0 Å². The van der Waals surface area contributed by atoms with Crippen LogP contribution in [0.15, 0.2) is 76.9 Å². The van der Waals surface area contributed by atoms with Crippen LogP contribution in [-0.2, 0) is 11.3 Å². The zero-order valence-electron chi connectivity index (χ0n) is 12.4. The van der Waals surface area contributed by atoms with Crippen LogP contribution in [0, 0.1) is 0 Å². The predicted molar refractivity (Wildman–Crippen MR) is 98.8 cm³/mol. The van der Waals surface area contributed by atoms with E-state index in [-0.39, 0.29) is 5.91 Å². The maximum atomic E-state index is 12.8. The Morgan fingerprint density at radius 3 is 2.61 bits per heavy atom. The van der Waals surface area contributed by atoms with Gasteiger partial charge in [0.15, 0.2) is 0 Å². The number of amides is 1. The number of rotatable bonds is 3. The van der Waals surface area contributed by atoms with E-state index < -0.39 is 0 Å². The van der Waals surface area contributed by atoms with Gasteiger partial charge in [-0.05, 0) is 33.1 Å². The third-order valence-electron chi connectivity index (χ3n) is 3.66. The Morgan fingerprint density at radius 2 is 1.83 bits per heavy atom. The number of carbonyl (C=O) groups excluding carboxylic acids is 1. The van der Waals surface area contributed by atoms with E-state index in [9.17, 15) is 4.79 Å². The van der Waals surface area contributed by atoms with Crippen LogP contribution in [0.5, 0.6) is 0 Å². The van der Waals surface area contributed by atoms with E-state index in [1.165, 1.54) is 18.0 Å². The monoisotopic (exact) mass is 366 g/mol. The van der Waals surface area contributed by atoms with Crippen molar-refractivity contribution in [2.75, 3.05) is 4.90 Å². The third-order valence-corrected chi connectivity index (χ3v) is 4.20. The van der Waals surface area contributed by atoms with Crippen molar-refractivity contribution in [2.45, 2.75) is 6.54 Å². The molecule has 0 bridgehead atoms. The molecule has 3 rings (SSSR count). The molecule has 1 heterocycles. The highest BCUT2D eigenvalue weighted by Gasteiger charge is 2.26. The molecule has 0 radical (unpaired) electrons. The molecular weight excluding hydrogens is 352 g/mol. The second-order valence-electron chi connectivity index (χ2n) is 5.08. The first kappa shape index (κ1) is 15.4. The molecule has 0 unspecified atom stereocenters. The average molecular weight is 367 g/mol. The van der Waals surface area contributed by atoms with E-state index in [4.69, 9.17) is 0 Å². The molecule has 0 spiro atoms. The Kier molecular flexibility index (Phi) is 4.53. The fourth-order valence-electron chi connectivity index (χ4n) is 2.65. The standard InChI is InChI=1S/C19H15BrN2O/c1-2-11-21-12-17(20)19(23)22-13-14-7-3-4-8-15(14)16-9-5-6-10-18(16)22/h2-12H,1,13H2/b17-12-,21-11-. The van der Waals surface area contributed by atoms with Gasteiger partial charge in [0.1, 0.15) is 4.48 Å². The molecule has 2 aromatic rings. The lowest BCUT2D eigenvalue weighted by molar-refractivity contribution is -0.114. The van der Waals surface area contributed by atoms with Gasteiger partial charge in [-0.2, -0.15) is 0 Å². The molecule has 4 heteroatoms. The number of aliphatic imine (C=N–C) groups is 1. The zero-order chi connectivity index (χ0) is 16.2. The highest BCUT2D eigenvalue weighted by Crippen LogP contribution is 2.39. The number of allylic oxidation sites excluding steroid dienone is 1. The molecule has 0 fully saturated rings. The summed E-state index contributed by atoms with van der Waals surface area (Å²) in [6.07, 6.45) is 4.59. The normalized spacial score (nSPS) is 13.6. The molecular formula is C19H15BrN2O. The molecule has 0 saturated heterocycles. The summed E-state index contributed by atoms with van der Waals surface area (Å²) in [7, 11) is 0. The van der Waals surface area contributed by atoms with Crippen molar-refractivity contribution in [3.63, 3.8) is 0 Å². The van der Waals surface area contributed by atoms with Crippen LogP contribution in [-0.4, -0.2) is 12.1 Å². The third kappa shape index (κ3) is 3.03. The van der Waals surface area contributed by atoms with Gasteiger partial charge in [-0.15, -0.1) is 0 Å². The van der Waals surface area contributed by atoms with Crippen molar-refractivity contribution < 1.29 is 4.79 Å². The van der Waals surface area contributed by atoms with Gasteiger partial charge in [0.25, 0.3) is 5.91 Å². The Balaban J connectivity index is 2.02. The second kappa shape index (κ2) is 6.75. The quantitative estimate of drug-likeness (QED) is 0.572. The van der Waals surface area contributed by atoms with E-state index in [1.807, 2.05) is 36.4 Å². The second-order valence-corrected chi connectivity index (χ2v) is 5.93. The minimum atomic E-state index is -0.117. The van der Waals surface area contributed by atoms with Crippen LogP contribution in [0.2, 0.25) is 0 Å². The highest BCUT2D eigenvalue weighted by molar-refractivity contribution is 9.12. The van der Waals surface area contributed by atoms with E-state index in [0.29, 0.717) is 11.0 Å². The first-order chi connectivity index (χ1) is 11.2. The summed E-state index contributed by atoms with van der Waals surface area (Å²) >= 11 is 3.32. The topological polar surface area (TPSA) is 32.7 Å². The number of hydrogen-bond donors (Lipinski definition) is 0. The molecule has 0 aromatic heterocycles. The first-order valence-electron chi connectivity index (χ1n) is 7.21. The summed E-state index contributed by atoms with van der Waals surface area (Å²) in [5, 5.41) is 0. The van der Waals surface area contributed by atoms with Crippen molar-refractivity contribution in [1.29, 1.82) is 0 Å². The Labute approximate surface area is 143 Å². The van der Waals surface area contributed by atoms with Crippen LogP contribution in [0.1, 0.15) is 5.56 Å². The summed E-state index contributed by atoms with van der Waals surface area (Å²) in [6.45, 7) is 4.10. The maximum absolute atomic E-state index is 12.8. The zero-order valence-corrected chi connectivity index (χ0v) is 14.0. The SMILES string of the molecule is C=C/C=N\C=C(/Br)C(=O)N1Cc2ccccc2-c2ccccc21. The molecule has 1 amide bonds. The van der Waals surface area contributed by atoms with Gasteiger partial charge in [0.2, 0.25) is 0 Å². The summed E-state index contributed by atoms with van der Waals surface area (Å²) in [4.78, 5) is 18.5.